The molecule has 0 amide bonds. The Bertz CT molecular complexity index is 2130. The van der Waals surface area contributed by atoms with Gasteiger partial charge in [-0.15, -0.1) is 0 Å². The lowest BCUT2D eigenvalue weighted by atomic mass is 10.1. The molecule has 3 N–H and O–H groups in total. The third kappa shape index (κ3) is 7.12. The first-order chi connectivity index (χ1) is 24.2. The van der Waals surface area contributed by atoms with Gasteiger partial charge in [0.15, 0.2) is 11.6 Å². The second kappa shape index (κ2) is 15.1. The van der Waals surface area contributed by atoms with E-state index in [0.717, 1.165) is 29.1 Å². The van der Waals surface area contributed by atoms with Gasteiger partial charge in [-0.3, -0.25) is 9.59 Å². The van der Waals surface area contributed by atoms with Crippen molar-refractivity contribution in [3.63, 3.8) is 0 Å². The summed E-state index contributed by atoms with van der Waals surface area (Å²) in [7, 11) is 1.90. The summed E-state index contributed by atoms with van der Waals surface area (Å²) >= 11 is 0. The first-order valence-corrected chi connectivity index (χ1v) is 16.2. The number of carboxylic acid groups (broad SMARTS) is 2. The van der Waals surface area contributed by atoms with Crippen molar-refractivity contribution in [2.75, 3.05) is 69.3 Å². The molecular weight excluding hydrogens is 683 g/mol. The Labute approximate surface area is 287 Å². The number of pyridine rings is 2. The molecule has 0 radical (unpaired) electrons. The first-order valence-electron chi connectivity index (χ1n) is 16.2. The summed E-state index contributed by atoms with van der Waals surface area (Å²) in [4.78, 5) is 52.3. The van der Waals surface area contributed by atoms with Crippen LogP contribution in [0.15, 0.2) is 34.1 Å². The molecule has 51 heavy (non-hydrogen) atoms. The average Bonchev–Trinajstić information content (AvgIpc) is 3.07. The lowest BCUT2D eigenvalue weighted by Gasteiger charge is -2.34. The van der Waals surface area contributed by atoms with Crippen molar-refractivity contribution in [2.24, 2.45) is 0 Å². The predicted molar refractivity (Wildman–Crippen MR) is 181 cm³/mol. The van der Waals surface area contributed by atoms with Gasteiger partial charge in [0.2, 0.25) is 10.9 Å². The molecule has 4 heterocycles. The average molecular weight is 721 g/mol. The number of alkyl halides is 1. The molecule has 4 aromatic rings. The van der Waals surface area contributed by atoms with Crippen molar-refractivity contribution >= 4 is 45.1 Å². The van der Waals surface area contributed by atoms with E-state index in [4.69, 9.17) is 10.2 Å². The van der Waals surface area contributed by atoms with Crippen LogP contribution in [0.1, 0.15) is 34.6 Å². The minimum Gasteiger partial charge on any atom is -0.477 e. The zero-order valence-electron chi connectivity index (χ0n) is 28.1. The van der Waals surface area contributed by atoms with Crippen LogP contribution >= 0.6 is 0 Å². The van der Waals surface area contributed by atoms with E-state index in [1.807, 2.05) is 18.9 Å². The Balaban J connectivity index is 0.000000198. The largest absolute Gasteiger partial charge is 0.477 e. The number of aromatic carboxylic acids is 2. The van der Waals surface area contributed by atoms with Crippen molar-refractivity contribution in [3.8, 4) is 0 Å². The van der Waals surface area contributed by atoms with E-state index in [2.05, 4.69) is 5.32 Å². The molecule has 0 bridgehead atoms. The summed E-state index contributed by atoms with van der Waals surface area (Å²) in [5.74, 6) is -6.57. The van der Waals surface area contributed by atoms with E-state index in [-0.39, 0.29) is 46.9 Å². The number of piperazine rings is 2. The van der Waals surface area contributed by atoms with Crippen molar-refractivity contribution < 1.29 is 41.8 Å². The van der Waals surface area contributed by atoms with Gasteiger partial charge in [0, 0.05) is 70.8 Å². The number of halogens is 5. The number of hydrogen-bond donors (Lipinski definition) is 3. The lowest BCUT2D eigenvalue weighted by Crippen LogP contribution is -2.49. The number of carboxylic acids is 2. The Hall–Kier alpha value is -5.03. The molecular formula is C34H37F5N6O6. The minimum absolute atomic E-state index is 0.0694. The topological polar surface area (TPSA) is 140 Å². The van der Waals surface area contributed by atoms with Crippen LogP contribution in [0, 0.1) is 23.3 Å². The molecule has 2 aliphatic rings. The Morgan fingerprint density at radius 2 is 1.29 bits per heavy atom. The van der Waals surface area contributed by atoms with E-state index in [9.17, 15) is 32.3 Å². The monoisotopic (exact) mass is 720 g/mol. The highest BCUT2D eigenvalue weighted by atomic mass is 19.1. The quantitative estimate of drug-likeness (QED) is 0.243. The molecule has 17 heteroatoms. The molecule has 6 rings (SSSR count). The van der Waals surface area contributed by atoms with Crippen molar-refractivity contribution in [1.29, 1.82) is 0 Å². The SMILES string of the molecule is CCn1cc(C(=O)O)c(=O)c2cc(F)c(N3CCNC(C)C3)c(F)c21.CN1CCN(c2c(F)cc3c(=O)c(C(=O)O)cn(CCF)c3c2F)CC1. The van der Waals surface area contributed by atoms with Gasteiger partial charge in [-0.1, -0.05) is 0 Å². The summed E-state index contributed by atoms with van der Waals surface area (Å²) in [6.07, 6.45) is 2.01. The highest BCUT2D eigenvalue weighted by Crippen LogP contribution is 2.32. The van der Waals surface area contributed by atoms with Crippen LogP contribution in [-0.4, -0.2) is 102 Å². The molecule has 0 saturated carbocycles. The Kier molecular flexibility index (Phi) is 11.0. The standard InChI is InChI=1S/C17H18F3N3O3.C17H19F2N3O3/c1-21-4-6-22(7-5-21)15-12(19)8-10-14(13(15)20)23(3-2-18)9-11(16(10)24)17(25)26;1-3-21-8-11(17(24)25)16(23)10-6-12(18)15(13(19)14(10)21)22-5-4-20-9(2)7-22/h8-9H,2-7H2,1H3,(H,25,26);6,8-9,20H,3-5,7H2,1-2H3,(H,24,25). The number of benzene rings is 2. The second-order valence-corrected chi connectivity index (χ2v) is 12.4. The third-order valence-electron chi connectivity index (χ3n) is 9.09. The number of rotatable bonds is 7. The van der Waals surface area contributed by atoms with E-state index in [1.165, 1.54) is 4.57 Å². The van der Waals surface area contributed by atoms with Crippen LogP contribution in [0.25, 0.3) is 21.8 Å². The van der Waals surface area contributed by atoms with Crippen LogP contribution < -0.4 is 26.0 Å². The normalized spacial score (nSPS) is 16.7. The molecule has 0 spiro atoms. The number of carbonyl (C=O) groups is 2. The van der Waals surface area contributed by atoms with Crippen LogP contribution in [0.5, 0.6) is 0 Å². The molecule has 2 aromatic carbocycles. The van der Waals surface area contributed by atoms with Crippen LogP contribution in [0.4, 0.5) is 33.3 Å². The Morgan fingerprint density at radius 3 is 1.76 bits per heavy atom. The number of likely N-dealkylation sites (N-methyl/N-ethyl adjacent to an activating group) is 1. The maximum absolute atomic E-state index is 15.2. The van der Waals surface area contributed by atoms with E-state index in [1.54, 1.807) is 16.7 Å². The van der Waals surface area contributed by atoms with Gasteiger partial charge in [0.1, 0.15) is 40.8 Å². The van der Waals surface area contributed by atoms with Gasteiger partial charge in [-0.05, 0) is 33.0 Å². The zero-order valence-corrected chi connectivity index (χ0v) is 28.1. The minimum atomic E-state index is -1.53. The summed E-state index contributed by atoms with van der Waals surface area (Å²) < 4.78 is 74.9. The van der Waals surface area contributed by atoms with Crippen molar-refractivity contribution in [3.05, 3.63) is 79.4 Å². The highest BCUT2D eigenvalue weighted by Gasteiger charge is 2.28. The fraction of sp³-hybridized carbons (Fsp3) is 0.412. The molecule has 1 unspecified atom stereocenters. The number of hydrogen-bond acceptors (Lipinski definition) is 8. The van der Waals surface area contributed by atoms with Crippen LogP contribution in [-0.2, 0) is 13.1 Å². The summed E-state index contributed by atoms with van der Waals surface area (Å²) in [6.45, 7) is 6.13. The van der Waals surface area contributed by atoms with Crippen molar-refractivity contribution in [1.82, 2.24) is 19.4 Å². The maximum Gasteiger partial charge on any atom is 0.341 e. The van der Waals surface area contributed by atoms with Gasteiger partial charge in [-0.2, -0.15) is 0 Å². The molecule has 2 aromatic heterocycles. The molecule has 12 nitrogen and oxygen atoms in total. The fourth-order valence-electron chi connectivity index (χ4n) is 6.52. The van der Waals surface area contributed by atoms with Crippen molar-refractivity contribution in [2.45, 2.75) is 33.0 Å². The zero-order chi connectivity index (χ0) is 37.3. The van der Waals surface area contributed by atoms with Crippen LogP contribution in [0.2, 0.25) is 0 Å². The molecule has 0 aliphatic carbocycles. The molecule has 2 saturated heterocycles. The molecule has 1 atom stereocenters. The molecule has 2 fully saturated rings. The lowest BCUT2D eigenvalue weighted by molar-refractivity contribution is 0.0684. The number of fused-ring (bicyclic) bond motifs is 2. The number of nitrogens with zero attached hydrogens (tertiary/aromatic N) is 5. The van der Waals surface area contributed by atoms with E-state index >= 15 is 8.78 Å². The number of nitrogens with one attached hydrogen (secondary N) is 1. The highest BCUT2D eigenvalue weighted by molar-refractivity contribution is 5.95. The first kappa shape index (κ1) is 37.2. The van der Waals surface area contributed by atoms with E-state index in [0.29, 0.717) is 45.8 Å². The van der Waals surface area contributed by atoms with Crippen LogP contribution in [0.3, 0.4) is 0 Å². The second-order valence-electron chi connectivity index (χ2n) is 12.4. The fourth-order valence-corrected chi connectivity index (χ4v) is 6.52. The molecule has 2 aliphatic heterocycles. The summed E-state index contributed by atoms with van der Waals surface area (Å²) in [6, 6.07) is 1.86. The van der Waals surface area contributed by atoms with Gasteiger partial charge in [0.25, 0.3) is 0 Å². The molecule has 274 valence electrons. The maximum atomic E-state index is 15.2. The summed E-state index contributed by atoms with van der Waals surface area (Å²) in [5, 5.41) is 20.8. The predicted octanol–water partition coefficient (Wildman–Crippen LogP) is 3.50. The summed E-state index contributed by atoms with van der Waals surface area (Å²) in [5.41, 5.74) is -3.84. The third-order valence-corrected chi connectivity index (χ3v) is 9.09. The van der Waals surface area contributed by atoms with Gasteiger partial charge >= 0.3 is 11.9 Å². The Morgan fingerprint density at radius 1 is 0.804 bits per heavy atom. The number of aromatic nitrogens is 2. The van der Waals surface area contributed by atoms with Gasteiger partial charge in [-0.25, -0.2) is 31.5 Å². The van der Waals surface area contributed by atoms with E-state index < -0.39 is 69.3 Å². The smallest absolute Gasteiger partial charge is 0.341 e. The number of aryl methyl sites for hydroxylation is 2. The van der Waals surface area contributed by atoms with Gasteiger partial charge in [0.05, 0.1) is 28.4 Å². The number of anilines is 2. The van der Waals surface area contributed by atoms with Gasteiger partial charge < -0.3 is 39.4 Å².